The Bertz CT molecular complexity index is 483. The van der Waals surface area contributed by atoms with Crippen LogP contribution in [0.3, 0.4) is 0 Å². The van der Waals surface area contributed by atoms with Gasteiger partial charge in [0.25, 0.3) is 0 Å². The smallest absolute Gasteiger partial charge is 0.224 e. The van der Waals surface area contributed by atoms with Gasteiger partial charge in [-0.1, -0.05) is 6.07 Å². The molecular formula is C14H21BrClN3O2. The van der Waals surface area contributed by atoms with Crippen LogP contribution in [0.5, 0.6) is 5.75 Å². The molecule has 0 heterocycles. The number of ether oxygens (including phenoxy) is 1. The van der Waals surface area contributed by atoms with Gasteiger partial charge in [-0.2, -0.15) is 0 Å². The molecule has 0 aromatic heterocycles. The average molecular weight is 379 g/mol. The molecule has 7 heteroatoms. The molecule has 0 saturated carbocycles. The highest BCUT2D eigenvalue weighted by Crippen LogP contribution is 2.25. The van der Waals surface area contributed by atoms with Gasteiger partial charge < -0.3 is 15.8 Å². The van der Waals surface area contributed by atoms with Crippen LogP contribution in [0.1, 0.15) is 24.8 Å². The van der Waals surface area contributed by atoms with Gasteiger partial charge in [0, 0.05) is 13.0 Å². The van der Waals surface area contributed by atoms with Crippen molar-refractivity contribution < 1.29 is 9.53 Å². The molecule has 4 N–H and O–H groups in total. The zero-order valence-electron chi connectivity index (χ0n) is 11.9. The van der Waals surface area contributed by atoms with Crippen LogP contribution in [0.25, 0.3) is 0 Å². The summed E-state index contributed by atoms with van der Waals surface area (Å²) in [5, 5.41) is 9.95. The summed E-state index contributed by atoms with van der Waals surface area (Å²) in [6.45, 7) is 0.615. The number of halogens is 2. The average Bonchev–Trinajstić information content (AvgIpc) is 2.38. The third-order valence-electron chi connectivity index (χ3n) is 2.78. The number of amidine groups is 1. The van der Waals surface area contributed by atoms with E-state index >= 15 is 0 Å². The molecule has 0 saturated heterocycles. The Hall–Kier alpha value is -1.27. The van der Waals surface area contributed by atoms with Crippen LogP contribution in [-0.4, -0.2) is 25.4 Å². The highest BCUT2D eigenvalue weighted by atomic mass is 79.9. The number of nitrogens with one attached hydrogen (secondary N) is 2. The summed E-state index contributed by atoms with van der Waals surface area (Å²) in [4.78, 5) is 11.8. The molecule has 0 radical (unpaired) electrons. The summed E-state index contributed by atoms with van der Waals surface area (Å²) < 4.78 is 5.98. The number of amides is 1. The van der Waals surface area contributed by atoms with E-state index in [0.717, 1.165) is 28.6 Å². The molecule has 118 valence electrons. The minimum absolute atomic E-state index is 0. The fraction of sp³-hybridized carbons (Fsp3) is 0.429. The van der Waals surface area contributed by atoms with Gasteiger partial charge in [0.2, 0.25) is 5.91 Å². The van der Waals surface area contributed by atoms with E-state index in [0.29, 0.717) is 19.4 Å². The fourth-order valence-corrected chi connectivity index (χ4v) is 2.32. The van der Waals surface area contributed by atoms with Crippen molar-refractivity contribution >= 4 is 40.1 Å². The van der Waals surface area contributed by atoms with Crippen LogP contribution >= 0.6 is 28.3 Å². The molecule has 21 heavy (non-hydrogen) atoms. The van der Waals surface area contributed by atoms with Crippen molar-refractivity contribution in [1.82, 2.24) is 5.32 Å². The number of carbonyl (C=O) groups excluding carboxylic acids is 1. The SMILES string of the molecule is COc1ccc(CC(=O)NCCCCC(=N)N)cc1Br.Cl. The minimum atomic E-state index is -0.00936. The molecule has 0 aliphatic carbocycles. The van der Waals surface area contributed by atoms with Gasteiger partial charge in [-0.25, -0.2) is 0 Å². The number of nitrogens with two attached hydrogens (primary N) is 1. The second-order valence-corrected chi connectivity index (χ2v) is 5.33. The lowest BCUT2D eigenvalue weighted by Gasteiger charge is -2.07. The second kappa shape index (κ2) is 10.5. The van der Waals surface area contributed by atoms with Gasteiger partial charge in [0.15, 0.2) is 0 Å². The van der Waals surface area contributed by atoms with Gasteiger partial charge in [0.1, 0.15) is 5.75 Å². The largest absolute Gasteiger partial charge is 0.496 e. The topological polar surface area (TPSA) is 88.2 Å². The third kappa shape index (κ3) is 7.92. The fourth-order valence-electron chi connectivity index (χ4n) is 1.74. The van der Waals surface area contributed by atoms with Crippen molar-refractivity contribution in [2.24, 2.45) is 5.73 Å². The predicted octanol–water partition coefficient (Wildman–Crippen LogP) is 2.64. The zero-order chi connectivity index (χ0) is 15.0. The Balaban J connectivity index is 0.00000400. The molecule has 0 aliphatic rings. The number of benzene rings is 1. The highest BCUT2D eigenvalue weighted by molar-refractivity contribution is 9.10. The molecule has 0 unspecified atom stereocenters. The molecule has 1 aromatic carbocycles. The van der Waals surface area contributed by atoms with Crippen molar-refractivity contribution in [3.8, 4) is 5.75 Å². The Labute approximate surface area is 139 Å². The lowest BCUT2D eigenvalue weighted by atomic mass is 10.1. The van der Waals surface area contributed by atoms with Gasteiger partial charge in [-0.3, -0.25) is 10.2 Å². The van der Waals surface area contributed by atoms with Crippen molar-refractivity contribution in [2.75, 3.05) is 13.7 Å². The van der Waals surface area contributed by atoms with E-state index in [1.165, 1.54) is 0 Å². The van der Waals surface area contributed by atoms with Crippen LogP contribution in [0, 0.1) is 5.41 Å². The van der Waals surface area contributed by atoms with Crippen LogP contribution in [0.2, 0.25) is 0 Å². The maximum Gasteiger partial charge on any atom is 0.224 e. The van der Waals surface area contributed by atoms with E-state index in [4.69, 9.17) is 15.9 Å². The second-order valence-electron chi connectivity index (χ2n) is 4.48. The normalized spacial score (nSPS) is 9.62. The molecular weight excluding hydrogens is 358 g/mol. The Kier molecular flexibility index (Phi) is 9.82. The van der Waals surface area contributed by atoms with E-state index in [2.05, 4.69) is 21.2 Å². The summed E-state index contributed by atoms with van der Waals surface area (Å²) in [5.74, 6) is 0.933. The van der Waals surface area contributed by atoms with Gasteiger partial charge in [0.05, 0.1) is 23.8 Å². The number of hydrogen-bond acceptors (Lipinski definition) is 3. The Morgan fingerprint density at radius 3 is 2.71 bits per heavy atom. The first kappa shape index (κ1) is 19.7. The maximum absolute atomic E-state index is 11.8. The molecule has 5 nitrogen and oxygen atoms in total. The quantitative estimate of drug-likeness (QED) is 0.369. The lowest BCUT2D eigenvalue weighted by molar-refractivity contribution is -0.120. The number of rotatable bonds is 8. The Morgan fingerprint density at radius 2 is 2.14 bits per heavy atom. The molecule has 0 atom stereocenters. The summed E-state index contributed by atoms with van der Waals surface area (Å²) in [7, 11) is 1.60. The first-order valence-electron chi connectivity index (χ1n) is 6.45. The standard InChI is InChI=1S/C14H20BrN3O2.ClH/c1-20-12-6-5-10(8-11(12)15)9-14(19)18-7-3-2-4-13(16)17;/h5-6,8H,2-4,7,9H2,1H3,(H3,16,17)(H,18,19);1H. The molecule has 0 aliphatic heterocycles. The van der Waals surface area contributed by atoms with Crippen LogP contribution in [0.15, 0.2) is 22.7 Å². The lowest BCUT2D eigenvalue weighted by Crippen LogP contribution is -2.26. The Morgan fingerprint density at radius 1 is 1.43 bits per heavy atom. The van der Waals surface area contributed by atoms with E-state index in [1.54, 1.807) is 7.11 Å². The zero-order valence-corrected chi connectivity index (χ0v) is 14.4. The number of carbonyl (C=O) groups is 1. The summed E-state index contributed by atoms with van der Waals surface area (Å²) in [5.41, 5.74) is 6.19. The van der Waals surface area contributed by atoms with Crippen molar-refractivity contribution in [3.05, 3.63) is 28.2 Å². The van der Waals surface area contributed by atoms with Crippen LogP contribution in [0.4, 0.5) is 0 Å². The first-order valence-corrected chi connectivity index (χ1v) is 7.24. The summed E-state index contributed by atoms with van der Waals surface area (Å²) in [6, 6.07) is 5.59. The number of hydrogen-bond donors (Lipinski definition) is 3. The van der Waals surface area contributed by atoms with Gasteiger partial charge in [-0.15, -0.1) is 12.4 Å². The minimum Gasteiger partial charge on any atom is -0.496 e. The monoisotopic (exact) mass is 377 g/mol. The molecule has 0 fully saturated rings. The third-order valence-corrected chi connectivity index (χ3v) is 3.40. The summed E-state index contributed by atoms with van der Waals surface area (Å²) in [6.07, 6.45) is 2.58. The van der Waals surface area contributed by atoms with E-state index < -0.39 is 0 Å². The maximum atomic E-state index is 11.8. The van der Waals surface area contributed by atoms with Crippen LogP contribution < -0.4 is 15.8 Å². The molecule has 1 amide bonds. The number of methoxy groups -OCH3 is 1. The van der Waals surface area contributed by atoms with E-state index in [9.17, 15) is 4.79 Å². The molecule has 0 spiro atoms. The van der Waals surface area contributed by atoms with E-state index in [1.807, 2.05) is 18.2 Å². The van der Waals surface area contributed by atoms with Crippen molar-refractivity contribution in [1.29, 1.82) is 5.41 Å². The molecule has 1 rings (SSSR count). The summed E-state index contributed by atoms with van der Waals surface area (Å²) >= 11 is 3.40. The predicted molar refractivity (Wildman–Crippen MR) is 90.4 cm³/mol. The van der Waals surface area contributed by atoms with Crippen LogP contribution in [-0.2, 0) is 11.2 Å². The highest BCUT2D eigenvalue weighted by Gasteiger charge is 2.06. The van der Waals surface area contributed by atoms with E-state index in [-0.39, 0.29) is 24.1 Å². The molecule has 0 bridgehead atoms. The van der Waals surface area contributed by atoms with Gasteiger partial charge >= 0.3 is 0 Å². The van der Waals surface area contributed by atoms with Crippen molar-refractivity contribution in [3.63, 3.8) is 0 Å². The number of unbranched alkanes of at least 4 members (excludes halogenated alkanes) is 1. The van der Waals surface area contributed by atoms with Gasteiger partial charge in [-0.05, 0) is 46.5 Å². The molecule has 1 aromatic rings. The first-order chi connectivity index (χ1) is 9.52. The van der Waals surface area contributed by atoms with Crippen molar-refractivity contribution in [2.45, 2.75) is 25.7 Å².